The number of hydrogen-bond donors (Lipinski definition) is 1. The Labute approximate surface area is 212 Å². The van der Waals surface area contributed by atoms with Crippen LogP contribution in [0.5, 0.6) is 5.75 Å². The normalized spacial score (nSPS) is 15.2. The molecule has 186 valence electrons. The van der Waals surface area contributed by atoms with Gasteiger partial charge in [0, 0.05) is 22.7 Å². The lowest BCUT2D eigenvalue weighted by atomic mass is 9.83. The lowest BCUT2D eigenvalue weighted by molar-refractivity contribution is 0.0697. The Balaban J connectivity index is 1.60. The van der Waals surface area contributed by atoms with Crippen LogP contribution in [0.2, 0.25) is 5.02 Å². The van der Waals surface area contributed by atoms with E-state index in [0.717, 1.165) is 43.7 Å². The van der Waals surface area contributed by atoms with Crippen LogP contribution >= 0.6 is 11.6 Å². The van der Waals surface area contributed by atoms with Crippen LogP contribution < -0.4 is 4.74 Å². The highest BCUT2D eigenvalue weighted by molar-refractivity contribution is 6.30. The first kappa shape index (κ1) is 24.3. The summed E-state index contributed by atoms with van der Waals surface area (Å²) in [6.07, 6.45) is 5.29. The number of aromatic nitrogens is 2. The third-order valence-electron chi connectivity index (χ3n) is 6.88. The second kappa shape index (κ2) is 10.3. The van der Waals surface area contributed by atoms with E-state index in [4.69, 9.17) is 21.3 Å². The number of rotatable bonds is 7. The molecule has 0 unspecified atom stereocenters. The first-order chi connectivity index (χ1) is 17.4. The van der Waals surface area contributed by atoms with Crippen molar-refractivity contribution in [3.05, 3.63) is 82.9 Å². The van der Waals surface area contributed by atoms with Crippen molar-refractivity contribution in [2.75, 3.05) is 6.61 Å². The SMILES string of the molecule is O=C(O)c1ccc(OC[C@H](C2CCCCC2)n2c(-c3ccc(Cl)cc3)nc3cc(F)c(F)cc32)cc1. The number of hydrogen-bond acceptors (Lipinski definition) is 3. The molecule has 0 spiro atoms. The standard InChI is InChI=1S/C28H25ClF2N2O3/c29-20-10-6-18(7-11-20)27-32-24-14-22(30)23(31)15-25(24)33(27)26(17-4-2-1-3-5-17)16-36-21-12-8-19(9-13-21)28(34)35/h6-15,17,26H,1-5,16H2,(H,34,35)/t26-/m1/s1. The molecule has 0 amide bonds. The highest BCUT2D eigenvalue weighted by Crippen LogP contribution is 2.39. The molecule has 1 aliphatic carbocycles. The molecule has 1 N–H and O–H groups in total. The van der Waals surface area contributed by atoms with E-state index >= 15 is 0 Å². The smallest absolute Gasteiger partial charge is 0.335 e. The van der Waals surface area contributed by atoms with E-state index in [2.05, 4.69) is 0 Å². The van der Waals surface area contributed by atoms with Crippen LogP contribution in [0.25, 0.3) is 22.4 Å². The Kier molecular flexibility index (Phi) is 6.92. The fourth-order valence-electron chi connectivity index (χ4n) is 5.04. The number of fused-ring (bicyclic) bond motifs is 1. The number of carbonyl (C=O) groups is 1. The van der Waals surface area contributed by atoms with Gasteiger partial charge in [-0.05, 0) is 67.3 Å². The summed E-state index contributed by atoms with van der Waals surface area (Å²) in [5.74, 6) is -1.51. The molecule has 8 heteroatoms. The van der Waals surface area contributed by atoms with Crippen LogP contribution in [0.4, 0.5) is 8.78 Å². The molecule has 1 atom stereocenters. The maximum atomic E-state index is 14.4. The van der Waals surface area contributed by atoms with Gasteiger partial charge in [-0.3, -0.25) is 0 Å². The minimum atomic E-state index is -1.01. The number of ether oxygens (including phenoxy) is 1. The Hall–Kier alpha value is -3.45. The largest absolute Gasteiger partial charge is 0.491 e. The molecule has 1 fully saturated rings. The molecule has 3 aromatic carbocycles. The van der Waals surface area contributed by atoms with Crippen molar-refractivity contribution < 1.29 is 23.4 Å². The molecule has 0 aliphatic heterocycles. The zero-order valence-electron chi connectivity index (χ0n) is 19.5. The van der Waals surface area contributed by atoms with Crippen LogP contribution in [-0.4, -0.2) is 27.2 Å². The molecule has 1 saturated carbocycles. The van der Waals surface area contributed by atoms with Gasteiger partial charge in [-0.15, -0.1) is 0 Å². The number of halogens is 3. The van der Waals surface area contributed by atoms with Crippen LogP contribution in [-0.2, 0) is 0 Å². The number of nitrogens with zero attached hydrogens (tertiary/aromatic N) is 2. The summed E-state index contributed by atoms with van der Waals surface area (Å²) in [6, 6.07) is 15.6. The lowest BCUT2D eigenvalue weighted by Crippen LogP contribution is -2.28. The summed E-state index contributed by atoms with van der Waals surface area (Å²) in [6.45, 7) is 0.266. The van der Waals surface area contributed by atoms with Gasteiger partial charge in [0.1, 0.15) is 18.2 Å². The first-order valence-electron chi connectivity index (χ1n) is 12.0. The molecule has 0 saturated heterocycles. The third-order valence-corrected chi connectivity index (χ3v) is 7.13. The second-order valence-corrected chi connectivity index (χ2v) is 9.61. The highest BCUT2D eigenvalue weighted by atomic mass is 35.5. The van der Waals surface area contributed by atoms with Crippen molar-refractivity contribution in [2.24, 2.45) is 5.92 Å². The average molecular weight is 511 g/mol. The molecule has 0 radical (unpaired) electrons. The number of benzene rings is 3. The summed E-state index contributed by atoms with van der Waals surface area (Å²) in [4.78, 5) is 15.9. The van der Waals surface area contributed by atoms with Crippen molar-refractivity contribution in [1.29, 1.82) is 0 Å². The molecular formula is C28H25ClF2N2O3. The molecule has 1 aliphatic rings. The number of carboxylic acid groups (broad SMARTS) is 1. The fourth-order valence-corrected chi connectivity index (χ4v) is 5.17. The molecule has 0 bridgehead atoms. The van der Waals surface area contributed by atoms with Gasteiger partial charge in [0.25, 0.3) is 0 Å². The van der Waals surface area contributed by atoms with Crippen LogP contribution in [0.3, 0.4) is 0 Å². The number of carboxylic acids is 1. The van der Waals surface area contributed by atoms with E-state index in [1.807, 2.05) is 16.7 Å². The van der Waals surface area contributed by atoms with Crippen LogP contribution in [0.15, 0.2) is 60.7 Å². The maximum absolute atomic E-state index is 14.4. The summed E-state index contributed by atoms with van der Waals surface area (Å²) in [7, 11) is 0. The summed E-state index contributed by atoms with van der Waals surface area (Å²) < 4.78 is 36.7. The Morgan fingerprint density at radius 1 is 1.03 bits per heavy atom. The second-order valence-electron chi connectivity index (χ2n) is 9.17. The van der Waals surface area contributed by atoms with Gasteiger partial charge in [-0.1, -0.05) is 30.9 Å². The van der Waals surface area contributed by atoms with Crippen molar-refractivity contribution in [3.63, 3.8) is 0 Å². The van der Waals surface area contributed by atoms with E-state index in [1.165, 1.54) is 18.2 Å². The number of imidazole rings is 1. The molecule has 4 aromatic rings. The van der Waals surface area contributed by atoms with E-state index < -0.39 is 17.6 Å². The monoisotopic (exact) mass is 510 g/mol. The molecule has 1 aromatic heterocycles. The topological polar surface area (TPSA) is 64.3 Å². The predicted octanol–water partition coefficient (Wildman–Crippen LogP) is 7.53. The van der Waals surface area contributed by atoms with Gasteiger partial charge >= 0.3 is 5.97 Å². The maximum Gasteiger partial charge on any atom is 0.335 e. The fraction of sp³-hybridized carbons (Fsp3) is 0.286. The van der Waals surface area contributed by atoms with Gasteiger partial charge in [-0.25, -0.2) is 18.6 Å². The molecule has 1 heterocycles. The van der Waals surface area contributed by atoms with Crippen molar-refractivity contribution in [1.82, 2.24) is 9.55 Å². The third kappa shape index (κ3) is 4.93. The van der Waals surface area contributed by atoms with Gasteiger partial charge < -0.3 is 14.4 Å². The molecule has 36 heavy (non-hydrogen) atoms. The van der Waals surface area contributed by atoms with Gasteiger partial charge in [0.05, 0.1) is 22.6 Å². The van der Waals surface area contributed by atoms with Gasteiger partial charge in [0.2, 0.25) is 0 Å². The van der Waals surface area contributed by atoms with Gasteiger partial charge in [0.15, 0.2) is 11.6 Å². The van der Waals surface area contributed by atoms with Gasteiger partial charge in [-0.2, -0.15) is 0 Å². The zero-order chi connectivity index (χ0) is 25.2. The Morgan fingerprint density at radius 2 is 1.69 bits per heavy atom. The Morgan fingerprint density at radius 3 is 2.36 bits per heavy atom. The summed E-state index contributed by atoms with van der Waals surface area (Å²) in [5, 5.41) is 9.75. The van der Waals surface area contributed by atoms with E-state index in [1.54, 1.807) is 24.3 Å². The average Bonchev–Trinajstić information content (AvgIpc) is 3.23. The van der Waals surface area contributed by atoms with Crippen molar-refractivity contribution >= 4 is 28.6 Å². The molecule has 5 rings (SSSR count). The van der Waals surface area contributed by atoms with Crippen molar-refractivity contribution in [3.8, 4) is 17.1 Å². The highest BCUT2D eigenvalue weighted by Gasteiger charge is 2.30. The summed E-state index contributed by atoms with van der Waals surface area (Å²) in [5.41, 5.74) is 1.82. The van der Waals surface area contributed by atoms with Crippen LogP contribution in [0.1, 0.15) is 48.5 Å². The molecule has 5 nitrogen and oxygen atoms in total. The molecular weight excluding hydrogens is 486 g/mol. The minimum Gasteiger partial charge on any atom is -0.491 e. The first-order valence-corrected chi connectivity index (χ1v) is 12.4. The Bertz CT molecular complexity index is 1380. The zero-order valence-corrected chi connectivity index (χ0v) is 20.2. The predicted molar refractivity (Wildman–Crippen MR) is 135 cm³/mol. The van der Waals surface area contributed by atoms with Crippen molar-refractivity contribution in [2.45, 2.75) is 38.1 Å². The minimum absolute atomic E-state index is 0.175. The van der Waals surface area contributed by atoms with E-state index in [9.17, 15) is 18.7 Å². The van der Waals surface area contributed by atoms with Crippen LogP contribution in [0, 0.1) is 17.6 Å². The number of aromatic carboxylic acids is 1. The van der Waals surface area contributed by atoms with E-state index in [-0.39, 0.29) is 24.1 Å². The quantitative estimate of drug-likeness (QED) is 0.279. The van der Waals surface area contributed by atoms with E-state index in [0.29, 0.717) is 27.6 Å². The summed E-state index contributed by atoms with van der Waals surface area (Å²) >= 11 is 6.11. The lowest BCUT2D eigenvalue weighted by Gasteiger charge is -2.32.